The summed E-state index contributed by atoms with van der Waals surface area (Å²) < 4.78 is 7.86. The van der Waals surface area contributed by atoms with Crippen molar-refractivity contribution >= 4 is 16.5 Å². The number of aryl methyl sites for hydroxylation is 2. The van der Waals surface area contributed by atoms with Crippen LogP contribution in [0.4, 0.5) is 5.69 Å². The van der Waals surface area contributed by atoms with E-state index in [1.807, 2.05) is 48.1 Å². The molecule has 4 nitrogen and oxygen atoms in total. The first-order valence-electron chi connectivity index (χ1n) is 7.11. The van der Waals surface area contributed by atoms with Crippen LogP contribution in [-0.2, 0) is 20.1 Å². The van der Waals surface area contributed by atoms with Gasteiger partial charge in [-0.25, -0.2) is 0 Å². The molecule has 0 bridgehead atoms. The molecule has 3 aromatic rings. The number of hydrogen-bond acceptors (Lipinski definition) is 3. The van der Waals surface area contributed by atoms with Crippen molar-refractivity contribution in [3.63, 3.8) is 0 Å². The Bertz CT molecular complexity index is 777. The maximum absolute atomic E-state index is 6.01. The summed E-state index contributed by atoms with van der Waals surface area (Å²) in [5, 5.41) is 6.49. The van der Waals surface area contributed by atoms with Gasteiger partial charge in [-0.2, -0.15) is 5.10 Å². The number of aromatic nitrogens is 2. The Hall–Kier alpha value is -2.49. The molecule has 0 radical (unpaired) electrons. The highest BCUT2D eigenvalue weighted by atomic mass is 16.5. The minimum atomic E-state index is 0.497. The number of fused-ring (bicyclic) bond motifs is 1. The molecule has 0 aliphatic rings. The molecular weight excluding hydrogens is 262 g/mol. The fourth-order valence-electron chi connectivity index (χ4n) is 2.45. The van der Waals surface area contributed by atoms with E-state index in [0.717, 1.165) is 40.0 Å². The molecule has 2 aromatic carbocycles. The highest BCUT2D eigenvalue weighted by molar-refractivity contribution is 5.96. The van der Waals surface area contributed by atoms with Crippen molar-refractivity contribution in [2.45, 2.75) is 20.0 Å². The van der Waals surface area contributed by atoms with E-state index in [9.17, 15) is 0 Å². The van der Waals surface area contributed by atoms with E-state index in [0.29, 0.717) is 6.61 Å². The highest BCUT2D eigenvalue weighted by Gasteiger charge is 2.08. The first-order valence-corrected chi connectivity index (χ1v) is 7.11. The molecule has 0 spiro atoms. The fourth-order valence-corrected chi connectivity index (χ4v) is 2.45. The number of anilines is 1. The Kier molecular flexibility index (Phi) is 3.52. The van der Waals surface area contributed by atoms with Crippen molar-refractivity contribution in [1.29, 1.82) is 0 Å². The van der Waals surface area contributed by atoms with Gasteiger partial charge < -0.3 is 10.5 Å². The molecule has 0 unspecified atom stereocenters. The average molecular weight is 281 g/mol. The molecule has 0 fully saturated rings. The van der Waals surface area contributed by atoms with Gasteiger partial charge in [0.05, 0.1) is 11.4 Å². The van der Waals surface area contributed by atoms with Gasteiger partial charge in [0.15, 0.2) is 0 Å². The summed E-state index contributed by atoms with van der Waals surface area (Å²) in [7, 11) is 1.94. The van der Waals surface area contributed by atoms with Gasteiger partial charge in [-0.3, -0.25) is 4.68 Å². The van der Waals surface area contributed by atoms with Crippen molar-refractivity contribution in [3.05, 3.63) is 53.9 Å². The molecule has 21 heavy (non-hydrogen) atoms. The van der Waals surface area contributed by atoms with Gasteiger partial charge in [-0.05, 0) is 24.6 Å². The summed E-state index contributed by atoms with van der Waals surface area (Å²) in [4.78, 5) is 0. The number of rotatable bonds is 4. The lowest BCUT2D eigenvalue weighted by Gasteiger charge is -2.11. The molecule has 4 heteroatoms. The molecular formula is C17H19N3O. The van der Waals surface area contributed by atoms with E-state index >= 15 is 0 Å². The van der Waals surface area contributed by atoms with Crippen molar-refractivity contribution in [3.8, 4) is 5.75 Å². The predicted molar refractivity (Wildman–Crippen MR) is 85.3 cm³/mol. The number of hydrogen-bond donors (Lipinski definition) is 1. The molecule has 0 aliphatic heterocycles. The number of nitrogens with zero attached hydrogens (tertiary/aromatic N) is 2. The van der Waals surface area contributed by atoms with E-state index < -0.39 is 0 Å². The Balaban J connectivity index is 1.88. The zero-order valence-corrected chi connectivity index (χ0v) is 12.3. The molecule has 0 saturated carbocycles. The maximum Gasteiger partial charge on any atom is 0.130 e. The molecule has 0 aliphatic carbocycles. The second-order valence-electron chi connectivity index (χ2n) is 5.09. The van der Waals surface area contributed by atoms with Crippen LogP contribution in [0.2, 0.25) is 0 Å². The van der Waals surface area contributed by atoms with Crippen LogP contribution in [0.5, 0.6) is 5.75 Å². The molecule has 0 saturated heterocycles. The zero-order valence-electron chi connectivity index (χ0n) is 12.3. The molecule has 1 heterocycles. The summed E-state index contributed by atoms with van der Waals surface area (Å²) in [5.74, 6) is 0.846. The van der Waals surface area contributed by atoms with Crippen molar-refractivity contribution < 1.29 is 4.74 Å². The first kappa shape index (κ1) is 13.5. The SMILES string of the molecule is CCc1cc(COc2ccc(N)c3ccccc23)n(C)n1. The van der Waals surface area contributed by atoms with E-state index in [-0.39, 0.29) is 0 Å². The molecule has 0 atom stereocenters. The normalized spacial score (nSPS) is 11.0. The van der Waals surface area contributed by atoms with Gasteiger partial charge in [0, 0.05) is 23.5 Å². The molecule has 1 aromatic heterocycles. The average Bonchev–Trinajstić information content (AvgIpc) is 2.87. The lowest BCUT2D eigenvalue weighted by atomic mass is 10.1. The van der Waals surface area contributed by atoms with Gasteiger partial charge in [-0.1, -0.05) is 31.2 Å². The Morgan fingerprint density at radius 1 is 1.14 bits per heavy atom. The molecule has 2 N–H and O–H groups in total. The Morgan fingerprint density at radius 3 is 2.62 bits per heavy atom. The third kappa shape index (κ3) is 2.57. The van der Waals surface area contributed by atoms with Crippen LogP contribution in [0.25, 0.3) is 10.8 Å². The van der Waals surface area contributed by atoms with Crippen LogP contribution in [-0.4, -0.2) is 9.78 Å². The fraction of sp³-hybridized carbons (Fsp3) is 0.235. The van der Waals surface area contributed by atoms with Gasteiger partial charge in [0.2, 0.25) is 0 Å². The van der Waals surface area contributed by atoms with E-state index in [2.05, 4.69) is 18.1 Å². The molecule has 3 rings (SSSR count). The van der Waals surface area contributed by atoms with Crippen molar-refractivity contribution in [2.75, 3.05) is 5.73 Å². The van der Waals surface area contributed by atoms with Crippen LogP contribution in [0.15, 0.2) is 42.5 Å². The Labute approximate surface area is 124 Å². The highest BCUT2D eigenvalue weighted by Crippen LogP contribution is 2.30. The number of nitrogen functional groups attached to an aromatic ring is 1. The lowest BCUT2D eigenvalue weighted by Crippen LogP contribution is -2.03. The molecule has 0 amide bonds. The third-order valence-electron chi connectivity index (χ3n) is 3.68. The van der Waals surface area contributed by atoms with E-state index in [1.165, 1.54) is 0 Å². The summed E-state index contributed by atoms with van der Waals surface area (Å²) in [5.41, 5.74) is 8.92. The van der Waals surface area contributed by atoms with Gasteiger partial charge in [-0.15, -0.1) is 0 Å². The van der Waals surface area contributed by atoms with Crippen LogP contribution in [0, 0.1) is 0 Å². The maximum atomic E-state index is 6.01. The summed E-state index contributed by atoms with van der Waals surface area (Å²) >= 11 is 0. The largest absolute Gasteiger partial charge is 0.487 e. The number of benzene rings is 2. The zero-order chi connectivity index (χ0) is 14.8. The first-order chi connectivity index (χ1) is 10.2. The van der Waals surface area contributed by atoms with Crippen LogP contribution in [0.3, 0.4) is 0 Å². The predicted octanol–water partition coefficient (Wildman–Crippen LogP) is 3.30. The van der Waals surface area contributed by atoms with E-state index in [4.69, 9.17) is 10.5 Å². The Morgan fingerprint density at radius 2 is 1.90 bits per heavy atom. The minimum Gasteiger partial charge on any atom is -0.487 e. The third-order valence-corrected chi connectivity index (χ3v) is 3.68. The molecule has 108 valence electrons. The summed E-state index contributed by atoms with van der Waals surface area (Å²) in [6, 6.07) is 13.9. The van der Waals surface area contributed by atoms with Gasteiger partial charge >= 0.3 is 0 Å². The second kappa shape index (κ2) is 5.48. The van der Waals surface area contributed by atoms with Crippen LogP contribution < -0.4 is 10.5 Å². The second-order valence-corrected chi connectivity index (χ2v) is 5.09. The van der Waals surface area contributed by atoms with Crippen molar-refractivity contribution in [2.24, 2.45) is 7.05 Å². The summed E-state index contributed by atoms with van der Waals surface area (Å²) in [6.07, 6.45) is 0.929. The van der Waals surface area contributed by atoms with Gasteiger partial charge in [0.1, 0.15) is 12.4 Å². The number of ether oxygens (including phenoxy) is 1. The number of nitrogens with two attached hydrogens (primary N) is 1. The minimum absolute atomic E-state index is 0.497. The van der Waals surface area contributed by atoms with E-state index in [1.54, 1.807) is 0 Å². The quantitative estimate of drug-likeness (QED) is 0.747. The monoisotopic (exact) mass is 281 g/mol. The lowest BCUT2D eigenvalue weighted by molar-refractivity contribution is 0.298. The van der Waals surface area contributed by atoms with Crippen LogP contribution >= 0.6 is 0 Å². The standard InChI is InChI=1S/C17H19N3O/c1-3-12-10-13(20(2)19-12)11-21-17-9-8-16(18)14-6-4-5-7-15(14)17/h4-10H,3,11,18H2,1-2H3. The van der Waals surface area contributed by atoms with Gasteiger partial charge in [0.25, 0.3) is 0 Å². The smallest absolute Gasteiger partial charge is 0.130 e. The summed E-state index contributed by atoms with van der Waals surface area (Å²) in [6.45, 7) is 2.60. The van der Waals surface area contributed by atoms with Crippen LogP contribution in [0.1, 0.15) is 18.3 Å². The topological polar surface area (TPSA) is 53.1 Å². The van der Waals surface area contributed by atoms with Crippen molar-refractivity contribution in [1.82, 2.24) is 9.78 Å².